The van der Waals surface area contributed by atoms with Gasteiger partial charge in [-0.15, -0.1) is 0 Å². The molecule has 1 heterocycles. The van der Waals surface area contributed by atoms with Gasteiger partial charge in [0, 0.05) is 27.4 Å². The van der Waals surface area contributed by atoms with E-state index in [4.69, 9.17) is 4.74 Å². The van der Waals surface area contributed by atoms with E-state index in [2.05, 4.69) is 10.3 Å². The average molecular weight is 237 g/mol. The lowest BCUT2D eigenvalue weighted by atomic mass is 10.2. The Kier molecular flexibility index (Phi) is 4.90. The molecule has 1 atom stereocenters. The van der Waals surface area contributed by atoms with E-state index in [-0.39, 0.29) is 11.9 Å². The number of methoxy groups -OCH3 is 1. The zero-order valence-electron chi connectivity index (χ0n) is 10.7. The summed E-state index contributed by atoms with van der Waals surface area (Å²) in [6, 6.07) is 3.54. The maximum absolute atomic E-state index is 12.2. The summed E-state index contributed by atoms with van der Waals surface area (Å²) in [7, 11) is 5.13. The second kappa shape index (κ2) is 6.20. The van der Waals surface area contributed by atoms with E-state index in [0.717, 1.165) is 0 Å². The minimum absolute atomic E-state index is 0.0254. The Labute approximate surface area is 102 Å². The topological polar surface area (TPSA) is 54.5 Å². The van der Waals surface area contributed by atoms with Crippen LogP contribution in [0.15, 0.2) is 18.3 Å². The van der Waals surface area contributed by atoms with Gasteiger partial charge in [0.2, 0.25) is 0 Å². The Morgan fingerprint density at radius 2 is 2.35 bits per heavy atom. The van der Waals surface area contributed by atoms with Gasteiger partial charge in [0.1, 0.15) is 5.82 Å². The minimum atomic E-state index is -0.0630. The number of anilines is 1. The number of amides is 1. The molecule has 0 saturated carbocycles. The zero-order valence-corrected chi connectivity index (χ0v) is 10.7. The van der Waals surface area contributed by atoms with E-state index in [1.165, 1.54) is 0 Å². The first-order chi connectivity index (χ1) is 8.11. The van der Waals surface area contributed by atoms with Crippen molar-refractivity contribution in [3.05, 3.63) is 23.9 Å². The Morgan fingerprint density at radius 1 is 1.65 bits per heavy atom. The SMILES string of the molecule is CNc1ncccc1C(=O)N(C)C(C)COC. The maximum Gasteiger partial charge on any atom is 0.257 e. The molecule has 0 bridgehead atoms. The molecule has 0 saturated heterocycles. The third-order valence-corrected chi connectivity index (χ3v) is 2.66. The normalized spacial score (nSPS) is 12.0. The van der Waals surface area contributed by atoms with Crippen molar-refractivity contribution in [1.82, 2.24) is 9.88 Å². The number of rotatable bonds is 5. The number of hydrogen-bond donors (Lipinski definition) is 1. The van der Waals surface area contributed by atoms with Crippen LogP contribution in [-0.2, 0) is 4.74 Å². The van der Waals surface area contributed by atoms with E-state index < -0.39 is 0 Å². The van der Waals surface area contributed by atoms with Crippen LogP contribution in [0.1, 0.15) is 17.3 Å². The lowest BCUT2D eigenvalue weighted by Gasteiger charge is -2.24. The standard InChI is InChI=1S/C12H19N3O2/c1-9(8-17-4)15(3)12(16)10-6-5-7-14-11(10)13-2/h5-7,9H,8H2,1-4H3,(H,13,14). The molecule has 94 valence electrons. The third kappa shape index (κ3) is 3.17. The van der Waals surface area contributed by atoms with Crippen LogP contribution < -0.4 is 5.32 Å². The predicted molar refractivity (Wildman–Crippen MR) is 67.2 cm³/mol. The highest BCUT2D eigenvalue weighted by atomic mass is 16.5. The lowest BCUT2D eigenvalue weighted by molar-refractivity contribution is 0.0634. The van der Waals surface area contributed by atoms with Gasteiger partial charge in [-0.1, -0.05) is 0 Å². The van der Waals surface area contributed by atoms with Crippen molar-refractivity contribution in [2.75, 3.05) is 33.1 Å². The van der Waals surface area contributed by atoms with Gasteiger partial charge in [0.05, 0.1) is 18.2 Å². The monoisotopic (exact) mass is 237 g/mol. The minimum Gasteiger partial charge on any atom is -0.383 e. The number of nitrogens with one attached hydrogen (secondary N) is 1. The molecule has 0 radical (unpaired) electrons. The Bertz CT molecular complexity index is 382. The van der Waals surface area contributed by atoms with Crippen molar-refractivity contribution >= 4 is 11.7 Å². The molecule has 1 aromatic heterocycles. The van der Waals surface area contributed by atoms with E-state index in [1.807, 2.05) is 6.92 Å². The number of nitrogens with zero attached hydrogens (tertiary/aromatic N) is 2. The Balaban J connectivity index is 2.88. The highest BCUT2D eigenvalue weighted by molar-refractivity contribution is 5.98. The summed E-state index contributed by atoms with van der Waals surface area (Å²) in [4.78, 5) is 18.0. The first-order valence-corrected chi connectivity index (χ1v) is 5.50. The van der Waals surface area contributed by atoms with E-state index >= 15 is 0 Å². The van der Waals surface area contributed by atoms with Crippen molar-refractivity contribution < 1.29 is 9.53 Å². The first kappa shape index (κ1) is 13.4. The molecule has 1 aromatic rings. The van der Waals surface area contributed by atoms with Crippen LogP contribution in [0.2, 0.25) is 0 Å². The van der Waals surface area contributed by atoms with Crippen molar-refractivity contribution in [3.8, 4) is 0 Å². The molecular weight excluding hydrogens is 218 g/mol. The molecule has 0 fully saturated rings. The van der Waals surface area contributed by atoms with E-state index in [1.54, 1.807) is 44.4 Å². The molecule has 1 unspecified atom stereocenters. The molecule has 1 rings (SSSR count). The number of ether oxygens (including phenoxy) is 1. The second-order valence-electron chi connectivity index (χ2n) is 3.87. The van der Waals surface area contributed by atoms with Crippen LogP contribution in [0.3, 0.4) is 0 Å². The molecule has 0 spiro atoms. The molecule has 1 N–H and O–H groups in total. The van der Waals surface area contributed by atoms with Crippen LogP contribution in [0.25, 0.3) is 0 Å². The fourth-order valence-corrected chi connectivity index (χ4v) is 1.52. The van der Waals surface area contributed by atoms with Crippen LogP contribution in [0, 0.1) is 0 Å². The van der Waals surface area contributed by atoms with Gasteiger partial charge in [-0.05, 0) is 19.1 Å². The summed E-state index contributed by atoms with van der Waals surface area (Å²) < 4.78 is 5.04. The molecule has 5 nitrogen and oxygen atoms in total. The molecule has 1 amide bonds. The summed E-state index contributed by atoms with van der Waals surface area (Å²) >= 11 is 0. The van der Waals surface area contributed by atoms with E-state index in [9.17, 15) is 4.79 Å². The molecule has 0 aliphatic carbocycles. The molecule has 0 aliphatic rings. The quantitative estimate of drug-likeness (QED) is 0.837. The summed E-state index contributed by atoms with van der Waals surface area (Å²) in [5.41, 5.74) is 0.570. The molecule has 0 aromatic carbocycles. The van der Waals surface area contributed by atoms with Gasteiger partial charge < -0.3 is 15.0 Å². The first-order valence-electron chi connectivity index (χ1n) is 5.50. The van der Waals surface area contributed by atoms with Crippen LogP contribution >= 0.6 is 0 Å². The largest absolute Gasteiger partial charge is 0.383 e. The maximum atomic E-state index is 12.2. The second-order valence-corrected chi connectivity index (χ2v) is 3.87. The lowest BCUT2D eigenvalue weighted by Crippen LogP contribution is -2.38. The average Bonchev–Trinajstić information content (AvgIpc) is 2.37. The van der Waals surface area contributed by atoms with Crippen LogP contribution in [-0.4, -0.2) is 49.6 Å². The van der Waals surface area contributed by atoms with Gasteiger partial charge in [-0.2, -0.15) is 0 Å². The van der Waals surface area contributed by atoms with Crippen molar-refractivity contribution in [1.29, 1.82) is 0 Å². The highest BCUT2D eigenvalue weighted by Gasteiger charge is 2.20. The van der Waals surface area contributed by atoms with Gasteiger partial charge in [0.25, 0.3) is 5.91 Å². The van der Waals surface area contributed by atoms with Crippen molar-refractivity contribution in [2.24, 2.45) is 0 Å². The molecule has 17 heavy (non-hydrogen) atoms. The summed E-state index contributed by atoms with van der Waals surface area (Å²) in [5, 5.41) is 2.91. The van der Waals surface area contributed by atoms with Crippen molar-refractivity contribution in [2.45, 2.75) is 13.0 Å². The molecule has 0 aliphatic heterocycles. The number of aromatic nitrogens is 1. The number of likely N-dealkylation sites (N-methyl/N-ethyl adjacent to an activating group) is 1. The summed E-state index contributed by atoms with van der Waals surface area (Å²) in [6.45, 7) is 2.45. The number of carbonyl (C=O) groups excluding carboxylic acids is 1. The molecular formula is C12H19N3O2. The Hall–Kier alpha value is -1.62. The summed E-state index contributed by atoms with van der Waals surface area (Å²) in [6.07, 6.45) is 1.65. The number of carbonyl (C=O) groups is 1. The smallest absolute Gasteiger partial charge is 0.257 e. The number of hydrogen-bond acceptors (Lipinski definition) is 4. The van der Waals surface area contributed by atoms with Gasteiger partial charge in [0.15, 0.2) is 0 Å². The zero-order chi connectivity index (χ0) is 12.8. The van der Waals surface area contributed by atoms with Gasteiger partial charge >= 0.3 is 0 Å². The summed E-state index contributed by atoms with van der Waals surface area (Å²) in [5.74, 6) is 0.529. The predicted octanol–water partition coefficient (Wildman–Crippen LogP) is 1.23. The van der Waals surface area contributed by atoms with E-state index in [0.29, 0.717) is 18.0 Å². The third-order valence-electron chi connectivity index (χ3n) is 2.66. The number of pyridine rings is 1. The van der Waals surface area contributed by atoms with Gasteiger partial charge in [-0.3, -0.25) is 4.79 Å². The van der Waals surface area contributed by atoms with Crippen LogP contribution in [0.4, 0.5) is 5.82 Å². The van der Waals surface area contributed by atoms with Crippen LogP contribution in [0.5, 0.6) is 0 Å². The fourth-order valence-electron chi connectivity index (χ4n) is 1.52. The van der Waals surface area contributed by atoms with Crippen molar-refractivity contribution in [3.63, 3.8) is 0 Å². The Morgan fingerprint density at radius 3 is 2.94 bits per heavy atom. The molecule has 5 heteroatoms. The highest BCUT2D eigenvalue weighted by Crippen LogP contribution is 2.14. The van der Waals surface area contributed by atoms with Gasteiger partial charge in [-0.25, -0.2) is 4.98 Å². The fraction of sp³-hybridized carbons (Fsp3) is 0.500.